The molecule has 15 heavy (non-hydrogen) atoms. The molecule has 1 saturated heterocycles. The van der Waals surface area contributed by atoms with Crippen LogP contribution in [0.4, 0.5) is 0 Å². The molecule has 1 fully saturated rings. The van der Waals surface area contributed by atoms with Crippen molar-refractivity contribution in [2.45, 2.75) is 13.0 Å². The number of hydrogen-bond donors (Lipinski definition) is 3. The van der Waals surface area contributed by atoms with Crippen molar-refractivity contribution in [1.82, 2.24) is 15.3 Å². The van der Waals surface area contributed by atoms with Crippen LogP contribution in [0.5, 0.6) is 5.88 Å². The van der Waals surface area contributed by atoms with Crippen LogP contribution in [-0.4, -0.2) is 34.8 Å². The third kappa shape index (κ3) is 2.00. The molecule has 0 spiro atoms. The molecule has 6 nitrogen and oxygen atoms in total. The van der Waals surface area contributed by atoms with Gasteiger partial charge in [0.1, 0.15) is 5.82 Å². The van der Waals surface area contributed by atoms with Crippen LogP contribution in [0.1, 0.15) is 17.4 Å². The molecular weight excluding hydrogens is 198 g/mol. The Morgan fingerprint density at radius 3 is 3.00 bits per heavy atom. The summed E-state index contributed by atoms with van der Waals surface area (Å²) in [6, 6.07) is -0.282. The van der Waals surface area contributed by atoms with Crippen molar-refractivity contribution in [1.29, 1.82) is 0 Å². The predicted molar refractivity (Wildman–Crippen MR) is 52.8 cm³/mol. The molecule has 2 rings (SSSR count). The summed E-state index contributed by atoms with van der Waals surface area (Å²) in [5.74, 6) is 0.178. The van der Waals surface area contributed by atoms with Gasteiger partial charge in [0.05, 0.1) is 24.8 Å². The van der Waals surface area contributed by atoms with Gasteiger partial charge in [0, 0.05) is 6.54 Å². The van der Waals surface area contributed by atoms with Gasteiger partial charge in [-0.3, -0.25) is 4.79 Å². The van der Waals surface area contributed by atoms with Crippen LogP contribution >= 0.6 is 0 Å². The Bertz CT molecular complexity index is 410. The van der Waals surface area contributed by atoms with Crippen LogP contribution in [-0.2, 0) is 4.74 Å². The first kappa shape index (κ1) is 10.1. The van der Waals surface area contributed by atoms with E-state index in [1.54, 1.807) is 6.92 Å². The van der Waals surface area contributed by atoms with E-state index < -0.39 is 0 Å². The number of aromatic hydroxyl groups is 1. The Morgan fingerprint density at radius 1 is 1.60 bits per heavy atom. The zero-order valence-corrected chi connectivity index (χ0v) is 8.41. The van der Waals surface area contributed by atoms with E-state index in [0.29, 0.717) is 25.6 Å². The molecule has 0 amide bonds. The maximum atomic E-state index is 11.6. The monoisotopic (exact) mass is 211 g/mol. The number of H-pyrrole nitrogens is 1. The van der Waals surface area contributed by atoms with Gasteiger partial charge in [-0.05, 0) is 6.92 Å². The molecule has 1 aromatic heterocycles. The first-order valence-electron chi connectivity index (χ1n) is 4.79. The second-order valence-corrected chi connectivity index (χ2v) is 3.47. The van der Waals surface area contributed by atoms with Gasteiger partial charge in [0.2, 0.25) is 5.88 Å². The molecule has 1 aliphatic heterocycles. The van der Waals surface area contributed by atoms with Crippen molar-refractivity contribution in [3.63, 3.8) is 0 Å². The van der Waals surface area contributed by atoms with Crippen molar-refractivity contribution in [3.8, 4) is 5.88 Å². The zero-order valence-electron chi connectivity index (χ0n) is 8.41. The van der Waals surface area contributed by atoms with Crippen LogP contribution in [0.25, 0.3) is 0 Å². The SMILES string of the molecule is Cc1nc(O)c(C2COCCN2)c(=O)[nH]1. The fourth-order valence-electron chi connectivity index (χ4n) is 1.65. The summed E-state index contributed by atoms with van der Waals surface area (Å²) in [4.78, 5) is 18.0. The number of ether oxygens (including phenoxy) is 1. The van der Waals surface area contributed by atoms with Crippen molar-refractivity contribution in [2.75, 3.05) is 19.8 Å². The second kappa shape index (κ2) is 4.00. The number of hydrogen-bond acceptors (Lipinski definition) is 5. The molecule has 1 atom stereocenters. The predicted octanol–water partition coefficient (Wildman–Crippen LogP) is -0.555. The van der Waals surface area contributed by atoms with Crippen LogP contribution < -0.4 is 10.9 Å². The molecule has 0 bridgehead atoms. The van der Waals surface area contributed by atoms with Gasteiger partial charge >= 0.3 is 0 Å². The lowest BCUT2D eigenvalue weighted by Gasteiger charge is -2.23. The highest BCUT2D eigenvalue weighted by Gasteiger charge is 2.22. The van der Waals surface area contributed by atoms with E-state index in [0.717, 1.165) is 0 Å². The third-order valence-electron chi connectivity index (χ3n) is 2.32. The quantitative estimate of drug-likeness (QED) is 0.580. The Kier molecular flexibility index (Phi) is 2.70. The Balaban J connectivity index is 2.38. The molecule has 1 unspecified atom stereocenters. The lowest BCUT2D eigenvalue weighted by Crippen LogP contribution is -2.38. The second-order valence-electron chi connectivity index (χ2n) is 3.47. The molecule has 0 radical (unpaired) electrons. The van der Waals surface area contributed by atoms with Gasteiger partial charge in [0.25, 0.3) is 5.56 Å². The number of rotatable bonds is 1. The summed E-state index contributed by atoms with van der Waals surface area (Å²) < 4.78 is 5.22. The largest absolute Gasteiger partial charge is 0.493 e. The summed E-state index contributed by atoms with van der Waals surface area (Å²) in [5.41, 5.74) is -0.0664. The Labute approximate surface area is 86.3 Å². The van der Waals surface area contributed by atoms with Crippen molar-refractivity contribution < 1.29 is 9.84 Å². The van der Waals surface area contributed by atoms with Crippen molar-refractivity contribution in [3.05, 3.63) is 21.7 Å². The van der Waals surface area contributed by atoms with Gasteiger partial charge in [-0.2, -0.15) is 0 Å². The average molecular weight is 211 g/mol. The van der Waals surface area contributed by atoms with Crippen LogP contribution in [0.2, 0.25) is 0 Å². The molecule has 3 N–H and O–H groups in total. The third-order valence-corrected chi connectivity index (χ3v) is 2.32. The fraction of sp³-hybridized carbons (Fsp3) is 0.556. The molecule has 0 aromatic carbocycles. The van der Waals surface area contributed by atoms with E-state index in [4.69, 9.17) is 4.74 Å². The number of morpholine rings is 1. The van der Waals surface area contributed by atoms with E-state index in [1.807, 2.05) is 0 Å². The average Bonchev–Trinajstić information content (AvgIpc) is 2.17. The van der Waals surface area contributed by atoms with E-state index in [-0.39, 0.29) is 23.0 Å². The molecule has 1 aromatic rings. The smallest absolute Gasteiger partial charge is 0.259 e. The van der Waals surface area contributed by atoms with Gasteiger partial charge in [-0.15, -0.1) is 0 Å². The number of aromatic nitrogens is 2. The topological polar surface area (TPSA) is 87.2 Å². The number of nitrogens with one attached hydrogen (secondary N) is 2. The van der Waals surface area contributed by atoms with Gasteiger partial charge in [-0.25, -0.2) is 4.98 Å². The van der Waals surface area contributed by atoms with E-state index in [2.05, 4.69) is 15.3 Å². The summed E-state index contributed by atoms with van der Waals surface area (Å²) in [6.07, 6.45) is 0. The normalized spacial score (nSPS) is 21.5. The van der Waals surface area contributed by atoms with Gasteiger partial charge < -0.3 is 20.1 Å². The molecule has 1 aliphatic rings. The lowest BCUT2D eigenvalue weighted by atomic mass is 10.1. The van der Waals surface area contributed by atoms with E-state index in [9.17, 15) is 9.90 Å². The molecule has 6 heteroatoms. The van der Waals surface area contributed by atoms with Gasteiger partial charge in [0.15, 0.2) is 0 Å². The Hall–Kier alpha value is -1.40. The summed E-state index contributed by atoms with van der Waals surface area (Å²) >= 11 is 0. The molecular formula is C9H13N3O3. The summed E-state index contributed by atoms with van der Waals surface area (Å²) in [6.45, 7) is 3.28. The first-order chi connectivity index (χ1) is 7.18. The number of aryl methyl sites for hydroxylation is 1. The molecule has 0 aliphatic carbocycles. The molecule has 0 saturated carbocycles. The highest BCUT2D eigenvalue weighted by atomic mass is 16.5. The van der Waals surface area contributed by atoms with Gasteiger partial charge in [-0.1, -0.05) is 0 Å². The minimum absolute atomic E-state index is 0.223. The minimum Gasteiger partial charge on any atom is -0.493 e. The summed E-state index contributed by atoms with van der Waals surface area (Å²) in [5, 5.41) is 12.7. The maximum absolute atomic E-state index is 11.6. The van der Waals surface area contributed by atoms with Crippen LogP contribution in [0.15, 0.2) is 4.79 Å². The zero-order chi connectivity index (χ0) is 10.8. The molecule has 82 valence electrons. The fourth-order valence-corrected chi connectivity index (χ4v) is 1.65. The first-order valence-corrected chi connectivity index (χ1v) is 4.79. The highest BCUT2D eigenvalue weighted by molar-refractivity contribution is 5.26. The van der Waals surface area contributed by atoms with Crippen LogP contribution in [0, 0.1) is 6.92 Å². The minimum atomic E-state index is -0.317. The van der Waals surface area contributed by atoms with Crippen LogP contribution in [0.3, 0.4) is 0 Å². The summed E-state index contributed by atoms with van der Waals surface area (Å²) in [7, 11) is 0. The number of nitrogens with zero attached hydrogens (tertiary/aromatic N) is 1. The highest BCUT2D eigenvalue weighted by Crippen LogP contribution is 2.19. The standard InChI is InChI=1S/C9H13N3O3/c1-5-11-8(13)7(9(14)12-5)6-4-15-3-2-10-6/h6,10H,2-4H2,1H3,(H2,11,12,13,14). The Morgan fingerprint density at radius 2 is 2.40 bits per heavy atom. The maximum Gasteiger partial charge on any atom is 0.259 e. The van der Waals surface area contributed by atoms with Crippen molar-refractivity contribution >= 4 is 0 Å². The number of aromatic amines is 1. The van der Waals surface area contributed by atoms with E-state index >= 15 is 0 Å². The lowest BCUT2D eigenvalue weighted by molar-refractivity contribution is 0.0754. The molecule has 2 heterocycles. The van der Waals surface area contributed by atoms with Crippen molar-refractivity contribution in [2.24, 2.45) is 0 Å². The van der Waals surface area contributed by atoms with E-state index in [1.165, 1.54) is 0 Å².